The van der Waals surface area contributed by atoms with Crippen molar-refractivity contribution in [3.63, 3.8) is 0 Å². The molecule has 0 aliphatic heterocycles. The Kier molecular flexibility index (Phi) is 6.40. The minimum Gasteiger partial charge on any atom is -0.393 e. The Hall–Kier alpha value is -1.34. The highest BCUT2D eigenvalue weighted by atomic mass is 16.3. The molecule has 0 amide bonds. The summed E-state index contributed by atoms with van der Waals surface area (Å²) in [6.07, 6.45) is 17.7. The van der Waals surface area contributed by atoms with Crippen molar-refractivity contribution in [2.24, 2.45) is 40.4 Å². The SMILES string of the molecule is C/C(=C\CC[C@H](C)[C@@H]1CC[C@@H]2[C@@H]3CC=C4C[C@H](O)CC[C@]4(C)[C@@H]3CC[C@@]21C)c1ccccc1. The molecule has 4 aliphatic carbocycles. The fourth-order valence-corrected chi connectivity index (χ4v) is 9.20. The van der Waals surface area contributed by atoms with Gasteiger partial charge in [-0.1, -0.05) is 68.8 Å². The first-order valence-electron chi connectivity index (χ1n) is 13.9. The van der Waals surface area contributed by atoms with E-state index in [1.807, 2.05) is 0 Å². The van der Waals surface area contributed by atoms with Crippen LogP contribution in [0.3, 0.4) is 0 Å². The van der Waals surface area contributed by atoms with Gasteiger partial charge < -0.3 is 5.11 Å². The largest absolute Gasteiger partial charge is 0.393 e. The summed E-state index contributed by atoms with van der Waals surface area (Å²) in [4.78, 5) is 0. The van der Waals surface area contributed by atoms with Gasteiger partial charge in [0, 0.05) is 0 Å². The summed E-state index contributed by atoms with van der Waals surface area (Å²) in [5, 5.41) is 10.3. The molecule has 0 spiro atoms. The zero-order valence-electron chi connectivity index (χ0n) is 21.5. The van der Waals surface area contributed by atoms with Gasteiger partial charge in [0.1, 0.15) is 0 Å². The maximum atomic E-state index is 10.3. The summed E-state index contributed by atoms with van der Waals surface area (Å²) in [6.45, 7) is 10.1. The molecule has 1 N–H and O–H groups in total. The zero-order chi connectivity index (χ0) is 23.2. The maximum Gasteiger partial charge on any atom is 0.0577 e. The number of aliphatic hydroxyl groups excluding tert-OH is 1. The fraction of sp³-hybridized carbons (Fsp3) is 0.688. The predicted octanol–water partition coefficient (Wildman–Crippen LogP) is 8.45. The van der Waals surface area contributed by atoms with Gasteiger partial charge >= 0.3 is 0 Å². The average Bonchev–Trinajstić information content (AvgIpc) is 3.17. The predicted molar refractivity (Wildman–Crippen MR) is 140 cm³/mol. The van der Waals surface area contributed by atoms with Crippen molar-refractivity contribution >= 4 is 5.57 Å². The standard InChI is InChI=1S/C32H46O/c1-22(24-11-6-5-7-12-24)9-8-10-23(2)28-15-16-29-27-14-13-25-21-26(33)17-19-31(25,3)30(27)18-20-32(28,29)4/h5-7,9,11-13,23,26-30,33H,8,10,14-21H2,1-4H3/b22-9+/t23-,26+,27-,28-,29+,30+,31-,32+/m0/s1. The first-order chi connectivity index (χ1) is 15.8. The highest BCUT2D eigenvalue weighted by Gasteiger charge is 2.59. The van der Waals surface area contributed by atoms with Crippen LogP contribution in [-0.2, 0) is 0 Å². The third-order valence-corrected chi connectivity index (χ3v) is 11.1. The Morgan fingerprint density at radius 3 is 2.64 bits per heavy atom. The molecule has 0 heterocycles. The number of hydrogen-bond acceptors (Lipinski definition) is 1. The Morgan fingerprint density at radius 1 is 1.06 bits per heavy atom. The topological polar surface area (TPSA) is 20.2 Å². The molecular weight excluding hydrogens is 400 g/mol. The van der Waals surface area contributed by atoms with Crippen LogP contribution in [0.1, 0.15) is 97.5 Å². The summed E-state index contributed by atoms with van der Waals surface area (Å²) in [5.41, 5.74) is 5.30. The highest BCUT2D eigenvalue weighted by molar-refractivity contribution is 5.63. The first-order valence-corrected chi connectivity index (χ1v) is 13.9. The van der Waals surface area contributed by atoms with Crippen LogP contribution in [0, 0.1) is 40.4 Å². The second-order valence-electron chi connectivity index (χ2n) is 12.7. The van der Waals surface area contributed by atoms with E-state index in [0.29, 0.717) is 10.8 Å². The van der Waals surface area contributed by atoms with Crippen LogP contribution in [0.25, 0.3) is 5.57 Å². The van der Waals surface area contributed by atoms with Gasteiger partial charge in [-0.3, -0.25) is 0 Å². The van der Waals surface area contributed by atoms with E-state index in [1.54, 1.807) is 5.57 Å². The van der Waals surface area contributed by atoms with Gasteiger partial charge in [0.25, 0.3) is 0 Å². The normalized spacial score (nSPS) is 41.5. The lowest BCUT2D eigenvalue weighted by molar-refractivity contribution is -0.0570. The van der Waals surface area contributed by atoms with Crippen LogP contribution in [-0.4, -0.2) is 11.2 Å². The van der Waals surface area contributed by atoms with Crippen molar-refractivity contribution in [3.05, 3.63) is 53.6 Å². The lowest BCUT2D eigenvalue weighted by atomic mass is 9.47. The van der Waals surface area contributed by atoms with Crippen LogP contribution in [0.4, 0.5) is 0 Å². The Bertz CT molecular complexity index is 896. The van der Waals surface area contributed by atoms with Gasteiger partial charge in [0.2, 0.25) is 0 Å². The second-order valence-corrected chi connectivity index (χ2v) is 12.7. The first kappa shape index (κ1) is 23.4. The van der Waals surface area contributed by atoms with Crippen LogP contribution >= 0.6 is 0 Å². The van der Waals surface area contributed by atoms with E-state index in [2.05, 4.69) is 70.2 Å². The summed E-state index contributed by atoms with van der Waals surface area (Å²) in [5.74, 6) is 4.34. The van der Waals surface area contributed by atoms with Crippen molar-refractivity contribution in [2.75, 3.05) is 0 Å². The number of rotatable bonds is 5. The van der Waals surface area contributed by atoms with E-state index in [-0.39, 0.29) is 6.10 Å². The molecule has 180 valence electrons. The molecular formula is C32H46O. The van der Waals surface area contributed by atoms with E-state index in [4.69, 9.17) is 0 Å². The number of benzene rings is 1. The van der Waals surface area contributed by atoms with Gasteiger partial charge in [-0.25, -0.2) is 0 Å². The summed E-state index contributed by atoms with van der Waals surface area (Å²) in [6, 6.07) is 10.8. The summed E-state index contributed by atoms with van der Waals surface area (Å²) < 4.78 is 0. The highest BCUT2D eigenvalue weighted by Crippen LogP contribution is 2.67. The molecule has 4 aliphatic rings. The molecule has 5 rings (SSSR count). The summed E-state index contributed by atoms with van der Waals surface area (Å²) in [7, 11) is 0. The van der Waals surface area contributed by atoms with Crippen LogP contribution in [0.15, 0.2) is 48.1 Å². The average molecular weight is 447 g/mol. The van der Waals surface area contributed by atoms with Gasteiger partial charge in [-0.2, -0.15) is 0 Å². The third-order valence-electron chi connectivity index (χ3n) is 11.1. The number of fused-ring (bicyclic) bond motifs is 5. The molecule has 1 heteroatoms. The zero-order valence-corrected chi connectivity index (χ0v) is 21.5. The number of hydrogen-bond donors (Lipinski definition) is 1. The molecule has 0 saturated heterocycles. The molecule has 0 bridgehead atoms. The molecule has 3 saturated carbocycles. The fourth-order valence-electron chi connectivity index (χ4n) is 9.20. The van der Waals surface area contributed by atoms with Crippen molar-refractivity contribution < 1.29 is 5.11 Å². The molecule has 0 aromatic heterocycles. The Balaban J connectivity index is 1.26. The van der Waals surface area contributed by atoms with Crippen LogP contribution in [0.2, 0.25) is 0 Å². The van der Waals surface area contributed by atoms with E-state index in [1.165, 1.54) is 62.5 Å². The van der Waals surface area contributed by atoms with Crippen molar-refractivity contribution in [3.8, 4) is 0 Å². The van der Waals surface area contributed by atoms with Crippen LogP contribution in [0.5, 0.6) is 0 Å². The maximum absolute atomic E-state index is 10.3. The van der Waals surface area contributed by atoms with Gasteiger partial charge in [-0.05, 0) is 123 Å². The smallest absolute Gasteiger partial charge is 0.0577 e. The quantitative estimate of drug-likeness (QED) is 0.450. The molecule has 0 radical (unpaired) electrons. The van der Waals surface area contributed by atoms with E-state index < -0.39 is 0 Å². The second kappa shape index (κ2) is 9.03. The number of aliphatic hydroxyl groups is 1. The minimum absolute atomic E-state index is 0.0916. The summed E-state index contributed by atoms with van der Waals surface area (Å²) >= 11 is 0. The van der Waals surface area contributed by atoms with Gasteiger partial charge in [0.15, 0.2) is 0 Å². The lowest BCUT2D eigenvalue weighted by Crippen LogP contribution is -2.50. The molecule has 33 heavy (non-hydrogen) atoms. The molecule has 0 unspecified atom stereocenters. The van der Waals surface area contributed by atoms with E-state index in [9.17, 15) is 5.11 Å². The third kappa shape index (κ3) is 4.07. The monoisotopic (exact) mass is 446 g/mol. The minimum atomic E-state index is -0.0916. The molecule has 8 atom stereocenters. The van der Waals surface area contributed by atoms with Gasteiger partial charge in [0.05, 0.1) is 6.10 Å². The van der Waals surface area contributed by atoms with Crippen LogP contribution < -0.4 is 0 Å². The number of allylic oxidation sites excluding steroid dienone is 3. The molecule has 3 fully saturated rings. The van der Waals surface area contributed by atoms with E-state index >= 15 is 0 Å². The van der Waals surface area contributed by atoms with Crippen molar-refractivity contribution in [1.29, 1.82) is 0 Å². The molecule has 1 aromatic rings. The molecule has 1 aromatic carbocycles. The van der Waals surface area contributed by atoms with Gasteiger partial charge in [-0.15, -0.1) is 0 Å². The Morgan fingerprint density at radius 2 is 1.85 bits per heavy atom. The lowest BCUT2D eigenvalue weighted by Gasteiger charge is -2.58. The molecule has 1 nitrogen and oxygen atoms in total. The Labute approximate surface area is 202 Å². The van der Waals surface area contributed by atoms with Crippen molar-refractivity contribution in [1.82, 2.24) is 0 Å². The van der Waals surface area contributed by atoms with Crippen molar-refractivity contribution in [2.45, 2.75) is 98.0 Å². The van der Waals surface area contributed by atoms with E-state index in [0.717, 1.165) is 42.4 Å².